The van der Waals surface area contributed by atoms with E-state index in [0.29, 0.717) is 6.42 Å². The first-order valence-corrected chi connectivity index (χ1v) is 5.15. The van der Waals surface area contributed by atoms with E-state index >= 15 is 0 Å². The van der Waals surface area contributed by atoms with E-state index in [1.54, 1.807) is 6.92 Å². The fourth-order valence-electron chi connectivity index (χ4n) is 2.09. The highest BCUT2D eigenvalue weighted by molar-refractivity contribution is 6.03. The van der Waals surface area contributed by atoms with E-state index in [9.17, 15) is 9.59 Å². The summed E-state index contributed by atoms with van der Waals surface area (Å²) in [5.74, 6) is -0.254. The summed E-state index contributed by atoms with van der Waals surface area (Å²) in [5.41, 5.74) is -0.911. The molecule has 0 amide bonds. The molecule has 0 aromatic carbocycles. The minimum atomic E-state index is -0.911. The Morgan fingerprint density at radius 2 is 2.14 bits per heavy atom. The molecule has 3 heteroatoms. The number of hydrogen-bond acceptors (Lipinski definition) is 3. The molecular weight excluding hydrogens is 180 g/mol. The number of Topliss-reactive ketones (excluding diaryl/α,β-unsaturated/α-hetero) is 1. The molecule has 0 aliphatic heterocycles. The fourth-order valence-corrected chi connectivity index (χ4v) is 2.09. The van der Waals surface area contributed by atoms with Crippen LogP contribution in [0.3, 0.4) is 0 Å². The van der Waals surface area contributed by atoms with Gasteiger partial charge < -0.3 is 4.74 Å². The molecule has 14 heavy (non-hydrogen) atoms. The first kappa shape index (κ1) is 11.2. The van der Waals surface area contributed by atoms with Crippen molar-refractivity contribution >= 4 is 11.8 Å². The van der Waals surface area contributed by atoms with E-state index in [4.69, 9.17) is 4.74 Å². The van der Waals surface area contributed by atoms with Crippen LogP contribution < -0.4 is 0 Å². The minimum Gasteiger partial charge on any atom is -0.468 e. The summed E-state index contributed by atoms with van der Waals surface area (Å²) in [4.78, 5) is 23.5. The third kappa shape index (κ3) is 1.68. The van der Waals surface area contributed by atoms with Crippen LogP contribution in [0.5, 0.6) is 0 Å². The van der Waals surface area contributed by atoms with Crippen LogP contribution in [0.1, 0.15) is 39.5 Å². The molecule has 1 unspecified atom stereocenters. The Kier molecular flexibility index (Phi) is 3.29. The van der Waals surface area contributed by atoms with Gasteiger partial charge in [-0.25, -0.2) is 0 Å². The van der Waals surface area contributed by atoms with Gasteiger partial charge in [0.15, 0.2) is 0 Å². The molecule has 1 rings (SSSR count). The lowest BCUT2D eigenvalue weighted by atomic mass is 9.73. The Morgan fingerprint density at radius 1 is 1.50 bits per heavy atom. The second-order valence-corrected chi connectivity index (χ2v) is 4.26. The van der Waals surface area contributed by atoms with E-state index < -0.39 is 5.41 Å². The van der Waals surface area contributed by atoms with Crippen LogP contribution >= 0.6 is 0 Å². The molecule has 0 heterocycles. The van der Waals surface area contributed by atoms with Gasteiger partial charge in [0, 0.05) is 6.42 Å². The van der Waals surface area contributed by atoms with Crippen LogP contribution in [0.25, 0.3) is 0 Å². The summed E-state index contributed by atoms with van der Waals surface area (Å²) >= 11 is 0. The fraction of sp³-hybridized carbons (Fsp3) is 0.818. The Balaban J connectivity index is 2.98. The number of ketones is 1. The van der Waals surface area contributed by atoms with Gasteiger partial charge in [-0.15, -0.1) is 0 Å². The maximum atomic E-state index is 11.8. The molecule has 1 aliphatic carbocycles. The monoisotopic (exact) mass is 198 g/mol. The van der Waals surface area contributed by atoms with E-state index in [2.05, 4.69) is 0 Å². The van der Waals surface area contributed by atoms with Crippen LogP contribution in [0.15, 0.2) is 0 Å². The molecule has 80 valence electrons. The molecule has 0 saturated heterocycles. The summed E-state index contributed by atoms with van der Waals surface area (Å²) < 4.78 is 4.73. The second kappa shape index (κ2) is 4.11. The van der Waals surface area contributed by atoms with Gasteiger partial charge in [0.1, 0.15) is 11.2 Å². The summed E-state index contributed by atoms with van der Waals surface area (Å²) in [6.45, 7) is 3.68. The molecule has 0 spiro atoms. The lowest BCUT2D eigenvalue weighted by Gasteiger charge is -2.29. The smallest absolute Gasteiger partial charge is 0.319 e. The molecule has 2 atom stereocenters. The summed E-state index contributed by atoms with van der Waals surface area (Å²) in [6.07, 6.45) is 3.36. The summed E-state index contributed by atoms with van der Waals surface area (Å²) in [6, 6.07) is 0. The van der Waals surface area contributed by atoms with Crippen molar-refractivity contribution in [1.29, 1.82) is 0 Å². The van der Waals surface area contributed by atoms with Crippen molar-refractivity contribution in [3.63, 3.8) is 0 Å². The van der Waals surface area contributed by atoms with Crippen molar-refractivity contribution in [2.75, 3.05) is 7.11 Å². The lowest BCUT2D eigenvalue weighted by Crippen LogP contribution is -2.42. The predicted molar refractivity (Wildman–Crippen MR) is 52.8 cm³/mol. The van der Waals surface area contributed by atoms with E-state index in [-0.39, 0.29) is 17.7 Å². The van der Waals surface area contributed by atoms with Crippen LogP contribution in [-0.4, -0.2) is 18.9 Å². The van der Waals surface area contributed by atoms with Crippen molar-refractivity contribution in [2.24, 2.45) is 11.3 Å². The van der Waals surface area contributed by atoms with Crippen LogP contribution in [0.4, 0.5) is 0 Å². The van der Waals surface area contributed by atoms with Crippen LogP contribution in [0.2, 0.25) is 0 Å². The molecular formula is C11H18O3. The number of hydrogen-bond donors (Lipinski definition) is 0. The maximum Gasteiger partial charge on any atom is 0.319 e. The van der Waals surface area contributed by atoms with Gasteiger partial charge in [-0.05, 0) is 25.7 Å². The van der Waals surface area contributed by atoms with Gasteiger partial charge in [0.05, 0.1) is 7.11 Å². The number of rotatable bonds is 1. The minimum absolute atomic E-state index is 0.0364. The van der Waals surface area contributed by atoms with Gasteiger partial charge in [-0.3, -0.25) is 9.59 Å². The van der Waals surface area contributed by atoms with Crippen molar-refractivity contribution in [1.82, 2.24) is 0 Å². The van der Waals surface area contributed by atoms with Crippen LogP contribution in [-0.2, 0) is 14.3 Å². The molecule has 0 bridgehead atoms. The molecule has 3 nitrogen and oxygen atoms in total. The first-order valence-electron chi connectivity index (χ1n) is 5.15. The molecule has 1 saturated carbocycles. The zero-order valence-corrected chi connectivity index (χ0v) is 9.13. The number of esters is 1. The van der Waals surface area contributed by atoms with Gasteiger partial charge in [0.25, 0.3) is 0 Å². The first-order chi connectivity index (χ1) is 6.53. The molecule has 0 aromatic heterocycles. The third-order valence-corrected chi connectivity index (χ3v) is 3.47. The molecule has 1 fully saturated rings. The quantitative estimate of drug-likeness (QED) is 0.367. The van der Waals surface area contributed by atoms with Crippen molar-refractivity contribution < 1.29 is 14.3 Å². The maximum absolute atomic E-state index is 11.8. The second-order valence-electron chi connectivity index (χ2n) is 4.26. The summed E-state index contributed by atoms with van der Waals surface area (Å²) in [7, 11) is 1.35. The van der Waals surface area contributed by atoms with E-state index in [1.807, 2.05) is 6.92 Å². The van der Waals surface area contributed by atoms with Crippen molar-refractivity contribution in [3.8, 4) is 0 Å². The van der Waals surface area contributed by atoms with E-state index in [0.717, 1.165) is 19.3 Å². The molecule has 1 aliphatic rings. The standard InChI is InChI=1S/C11H18O3/c1-8-6-4-5-7-9(12)11(8,2)10(13)14-3/h8H,4-7H2,1-3H3/t8?,11-/m0/s1. The topological polar surface area (TPSA) is 43.4 Å². The Hall–Kier alpha value is -0.860. The number of ether oxygens (including phenoxy) is 1. The van der Waals surface area contributed by atoms with Gasteiger partial charge in [-0.2, -0.15) is 0 Å². The summed E-state index contributed by atoms with van der Waals surface area (Å²) in [5, 5.41) is 0. The number of carbonyl (C=O) groups is 2. The largest absolute Gasteiger partial charge is 0.468 e. The lowest BCUT2D eigenvalue weighted by molar-refractivity contribution is -0.160. The van der Waals surface area contributed by atoms with Gasteiger partial charge >= 0.3 is 5.97 Å². The Morgan fingerprint density at radius 3 is 2.71 bits per heavy atom. The van der Waals surface area contributed by atoms with Gasteiger partial charge in [0.2, 0.25) is 0 Å². The predicted octanol–water partition coefficient (Wildman–Crippen LogP) is 1.94. The molecule has 0 N–H and O–H groups in total. The normalized spacial score (nSPS) is 33.6. The highest BCUT2D eigenvalue weighted by Gasteiger charge is 2.46. The highest BCUT2D eigenvalue weighted by Crippen LogP contribution is 2.37. The Bertz CT molecular complexity index is 247. The third-order valence-electron chi connectivity index (χ3n) is 3.47. The average Bonchev–Trinajstić information content (AvgIpc) is 2.31. The zero-order valence-electron chi connectivity index (χ0n) is 9.13. The molecule has 0 aromatic rings. The Labute approximate surface area is 84.8 Å². The average molecular weight is 198 g/mol. The van der Waals surface area contributed by atoms with Crippen LogP contribution in [0, 0.1) is 11.3 Å². The SMILES string of the molecule is COC(=O)[C@]1(C)C(=O)CCCCC1C. The van der Waals surface area contributed by atoms with E-state index in [1.165, 1.54) is 7.11 Å². The van der Waals surface area contributed by atoms with Crippen molar-refractivity contribution in [2.45, 2.75) is 39.5 Å². The van der Waals surface area contributed by atoms with Gasteiger partial charge in [-0.1, -0.05) is 13.3 Å². The zero-order chi connectivity index (χ0) is 10.8. The van der Waals surface area contributed by atoms with Crippen molar-refractivity contribution in [3.05, 3.63) is 0 Å². The highest BCUT2D eigenvalue weighted by atomic mass is 16.5. The number of carbonyl (C=O) groups excluding carboxylic acids is 2. The number of methoxy groups -OCH3 is 1. The molecule has 0 radical (unpaired) electrons.